The summed E-state index contributed by atoms with van der Waals surface area (Å²) < 4.78 is 12.1. The van der Waals surface area contributed by atoms with Crippen molar-refractivity contribution in [2.24, 2.45) is 0 Å². The molecule has 4 aromatic rings. The number of imidazole rings is 1. The van der Waals surface area contributed by atoms with E-state index in [2.05, 4.69) is 25.5 Å². The molecule has 2 aromatic carbocycles. The highest BCUT2D eigenvalue weighted by atomic mass is 16.5. The van der Waals surface area contributed by atoms with Crippen LogP contribution in [0.5, 0.6) is 11.9 Å². The number of ether oxygens (including phenoxy) is 2. The van der Waals surface area contributed by atoms with Crippen LogP contribution in [0.4, 0.5) is 5.82 Å². The van der Waals surface area contributed by atoms with Crippen LogP contribution in [-0.4, -0.2) is 50.0 Å². The lowest BCUT2D eigenvalue weighted by molar-refractivity contribution is 0.0699. The summed E-state index contributed by atoms with van der Waals surface area (Å²) in [6, 6.07) is 14.7. The number of nitrogens with zero attached hydrogens (tertiary/aromatic N) is 5. The molecule has 10 nitrogen and oxygen atoms in total. The maximum atomic E-state index is 11.6. The van der Waals surface area contributed by atoms with Crippen LogP contribution in [0.25, 0.3) is 17.0 Å². The quantitative estimate of drug-likeness (QED) is 0.476. The highest BCUT2D eigenvalue weighted by Gasteiger charge is 2.21. The summed E-state index contributed by atoms with van der Waals surface area (Å²) in [6.07, 6.45) is 0. The molecule has 0 aliphatic rings. The van der Waals surface area contributed by atoms with Gasteiger partial charge in [0.1, 0.15) is 5.52 Å². The van der Waals surface area contributed by atoms with Crippen LogP contribution >= 0.6 is 0 Å². The Kier molecular flexibility index (Phi) is 5.12. The Balaban J connectivity index is 1.80. The molecule has 0 radical (unpaired) electrons. The van der Waals surface area contributed by atoms with E-state index in [0.717, 1.165) is 5.56 Å². The van der Waals surface area contributed by atoms with Gasteiger partial charge in [0.2, 0.25) is 0 Å². The number of aromatic carboxylic acids is 1. The summed E-state index contributed by atoms with van der Waals surface area (Å²) in [5, 5.41) is 20.8. The SMILES string of the molecule is COc1nnc(-n2c(OC)nc3c(C(=O)O)cccc32)nc1NCc1ccccc1. The summed E-state index contributed by atoms with van der Waals surface area (Å²) in [4.78, 5) is 20.4. The monoisotopic (exact) mass is 406 g/mol. The average molecular weight is 406 g/mol. The highest BCUT2D eigenvalue weighted by molar-refractivity contribution is 6.01. The third-order valence-corrected chi connectivity index (χ3v) is 4.41. The second kappa shape index (κ2) is 8.03. The van der Waals surface area contributed by atoms with Crippen LogP contribution in [0.1, 0.15) is 15.9 Å². The smallest absolute Gasteiger partial charge is 0.337 e. The summed E-state index contributed by atoms with van der Waals surface area (Å²) in [6.45, 7) is 0.500. The van der Waals surface area contributed by atoms with Crippen molar-refractivity contribution in [1.29, 1.82) is 0 Å². The lowest BCUT2D eigenvalue weighted by Crippen LogP contribution is -2.11. The molecule has 30 heavy (non-hydrogen) atoms. The van der Waals surface area contributed by atoms with Crippen molar-refractivity contribution >= 4 is 22.8 Å². The third-order valence-electron chi connectivity index (χ3n) is 4.41. The average Bonchev–Trinajstić information content (AvgIpc) is 3.16. The summed E-state index contributed by atoms with van der Waals surface area (Å²) in [5.74, 6) is -0.325. The molecule has 10 heteroatoms. The molecule has 0 aliphatic carbocycles. The molecule has 4 rings (SSSR count). The van der Waals surface area contributed by atoms with E-state index in [9.17, 15) is 9.90 Å². The number of para-hydroxylation sites is 1. The predicted octanol–water partition coefficient (Wildman–Crippen LogP) is 2.54. The number of hydrogen-bond donors (Lipinski definition) is 2. The Morgan fingerprint density at radius 2 is 1.83 bits per heavy atom. The maximum Gasteiger partial charge on any atom is 0.337 e. The first kappa shape index (κ1) is 19.1. The number of hydrogen-bond acceptors (Lipinski definition) is 8. The minimum atomic E-state index is -1.09. The molecule has 0 saturated heterocycles. The number of nitrogens with one attached hydrogen (secondary N) is 1. The van der Waals surface area contributed by atoms with Crippen molar-refractivity contribution in [3.05, 3.63) is 59.7 Å². The van der Waals surface area contributed by atoms with Crippen molar-refractivity contribution in [2.45, 2.75) is 6.54 Å². The van der Waals surface area contributed by atoms with Crippen molar-refractivity contribution in [2.75, 3.05) is 19.5 Å². The van der Waals surface area contributed by atoms with Crippen molar-refractivity contribution in [3.8, 4) is 17.8 Å². The second-order valence-electron chi connectivity index (χ2n) is 6.22. The van der Waals surface area contributed by atoms with E-state index < -0.39 is 5.97 Å². The van der Waals surface area contributed by atoms with Gasteiger partial charge in [0.05, 0.1) is 25.3 Å². The second-order valence-corrected chi connectivity index (χ2v) is 6.22. The predicted molar refractivity (Wildman–Crippen MR) is 108 cm³/mol. The van der Waals surface area contributed by atoms with Crippen LogP contribution in [0.15, 0.2) is 48.5 Å². The number of fused-ring (bicyclic) bond motifs is 1. The third kappa shape index (κ3) is 3.46. The molecule has 152 valence electrons. The van der Waals surface area contributed by atoms with Gasteiger partial charge in [-0.1, -0.05) is 36.4 Å². The first-order valence-electron chi connectivity index (χ1n) is 8.98. The molecule has 0 amide bonds. The van der Waals surface area contributed by atoms with E-state index in [1.54, 1.807) is 12.1 Å². The number of benzene rings is 2. The first-order chi connectivity index (χ1) is 14.6. The summed E-state index contributed by atoms with van der Waals surface area (Å²) in [5.41, 5.74) is 1.85. The van der Waals surface area contributed by atoms with Crippen molar-refractivity contribution in [3.63, 3.8) is 0 Å². The van der Waals surface area contributed by atoms with Crippen molar-refractivity contribution in [1.82, 2.24) is 24.7 Å². The van der Waals surface area contributed by atoms with E-state index in [0.29, 0.717) is 17.9 Å². The highest BCUT2D eigenvalue weighted by Crippen LogP contribution is 2.28. The molecular weight excluding hydrogens is 388 g/mol. The van der Waals surface area contributed by atoms with E-state index in [-0.39, 0.29) is 28.9 Å². The Bertz CT molecular complexity index is 1210. The van der Waals surface area contributed by atoms with Gasteiger partial charge in [0.25, 0.3) is 11.8 Å². The van der Waals surface area contributed by atoms with Gasteiger partial charge in [-0.05, 0) is 17.7 Å². The Morgan fingerprint density at radius 3 is 2.53 bits per heavy atom. The number of carbonyl (C=O) groups is 1. The number of rotatable bonds is 7. The molecule has 2 N–H and O–H groups in total. The largest absolute Gasteiger partial charge is 0.478 e. The molecular formula is C20H18N6O4. The van der Waals surface area contributed by atoms with E-state index >= 15 is 0 Å². The summed E-state index contributed by atoms with van der Waals surface area (Å²) >= 11 is 0. The van der Waals surface area contributed by atoms with Crippen LogP contribution < -0.4 is 14.8 Å². The van der Waals surface area contributed by atoms with Gasteiger partial charge < -0.3 is 19.9 Å². The molecule has 0 bridgehead atoms. The number of carboxylic acids is 1. The number of aromatic nitrogens is 5. The van der Waals surface area contributed by atoms with E-state index in [1.807, 2.05) is 30.3 Å². The number of anilines is 1. The molecule has 0 aliphatic heterocycles. The fourth-order valence-electron chi connectivity index (χ4n) is 3.02. The van der Waals surface area contributed by atoms with Gasteiger partial charge in [-0.25, -0.2) is 9.36 Å². The Morgan fingerprint density at radius 1 is 1.03 bits per heavy atom. The standard InChI is InChI=1S/C20H18N6O4/c1-29-17-16(21-11-12-7-4-3-5-8-12)23-19(25-24-17)26-14-10-6-9-13(18(27)28)15(14)22-20(26)30-2/h3-10H,11H2,1-2H3,(H,27,28)(H,21,23,25). The van der Waals surface area contributed by atoms with Crippen LogP contribution in [0.3, 0.4) is 0 Å². The minimum absolute atomic E-state index is 0.0495. The van der Waals surface area contributed by atoms with Gasteiger partial charge in [-0.2, -0.15) is 9.97 Å². The normalized spacial score (nSPS) is 10.7. The van der Waals surface area contributed by atoms with Gasteiger partial charge in [-0.15, -0.1) is 10.2 Å². The van der Waals surface area contributed by atoms with Crippen LogP contribution in [0, 0.1) is 0 Å². The molecule has 2 aromatic heterocycles. The van der Waals surface area contributed by atoms with E-state index in [1.165, 1.54) is 24.9 Å². The number of methoxy groups -OCH3 is 2. The number of carboxylic acid groups (broad SMARTS) is 1. The summed E-state index contributed by atoms with van der Waals surface area (Å²) in [7, 11) is 2.91. The van der Waals surface area contributed by atoms with Crippen LogP contribution in [-0.2, 0) is 6.54 Å². The fourth-order valence-corrected chi connectivity index (χ4v) is 3.02. The van der Waals surface area contributed by atoms with E-state index in [4.69, 9.17) is 9.47 Å². The molecule has 0 saturated carbocycles. The lowest BCUT2D eigenvalue weighted by Gasteiger charge is -2.11. The molecule has 0 spiro atoms. The van der Waals surface area contributed by atoms with Crippen molar-refractivity contribution < 1.29 is 19.4 Å². The van der Waals surface area contributed by atoms with Crippen LogP contribution in [0.2, 0.25) is 0 Å². The minimum Gasteiger partial charge on any atom is -0.478 e. The topological polar surface area (TPSA) is 124 Å². The zero-order chi connectivity index (χ0) is 21.1. The van der Waals surface area contributed by atoms with Gasteiger partial charge in [0, 0.05) is 6.54 Å². The van der Waals surface area contributed by atoms with Gasteiger partial charge in [-0.3, -0.25) is 0 Å². The zero-order valence-electron chi connectivity index (χ0n) is 16.2. The Hall–Kier alpha value is -4.21. The van der Waals surface area contributed by atoms with Gasteiger partial charge >= 0.3 is 12.0 Å². The molecule has 2 heterocycles. The van der Waals surface area contributed by atoms with Gasteiger partial charge in [0.15, 0.2) is 5.82 Å². The molecule has 0 atom stereocenters. The zero-order valence-corrected chi connectivity index (χ0v) is 16.2. The maximum absolute atomic E-state index is 11.6. The fraction of sp³-hybridized carbons (Fsp3) is 0.150. The lowest BCUT2D eigenvalue weighted by atomic mass is 10.2. The first-order valence-corrected chi connectivity index (χ1v) is 8.98. The Labute approximate surface area is 171 Å². The molecule has 0 fully saturated rings. The molecule has 0 unspecified atom stereocenters.